The predicted octanol–water partition coefficient (Wildman–Crippen LogP) is 2.70. The molecule has 0 aliphatic rings. The van der Waals surface area contributed by atoms with Gasteiger partial charge >= 0.3 is 5.97 Å². The molecule has 0 saturated heterocycles. The third kappa shape index (κ3) is 4.22. The van der Waals surface area contributed by atoms with Crippen LogP contribution in [0.1, 0.15) is 36.8 Å². The van der Waals surface area contributed by atoms with Crippen LogP contribution in [0.2, 0.25) is 0 Å². The number of amides is 1. The highest BCUT2D eigenvalue weighted by atomic mass is 16.4. The zero-order valence-corrected chi connectivity index (χ0v) is 15.4. The van der Waals surface area contributed by atoms with Gasteiger partial charge in [0, 0.05) is 23.9 Å². The van der Waals surface area contributed by atoms with Gasteiger partial charge in [-0.3, -0.25) is 14.3 Å². The smallest absolute Gasteiger partial charge is 0.325 e. The van der Waals surface area contributed by atoms with E-state index < -0.39 is 5.97 Å². The van der Waals surface area contributed by atoms with Crippen molar-refractivity contribution in [2.75, 3.05) is 5.32 Å². The summed E-state index contributed by atoms with van der Waals surface area (Å²) in [5.74, 6) is -1.06. The molecule has 8 heteroatoms. The molecular weight excluding hydrogens is 346 g/mol. The second-order valence-corrected chi connectivity index (χ2v) is 7.17. The minimum absolute atomic E-state index is 0.269. The fraction of sp³-hybridized carbons (Fsp3) is 0.263. The van der Waals surface area contributed by atoms with Crippen molar-refractivity contribution in [1.82, 2.24) is 19.6 Å². The highest BCUT2D eigenvalue weighted by Gasteiger charge is 2.27. The predicted molar refractivity (Wildman–Crippen MR) is 100 cm³/mol. The van der Waals surface area contributed by atoms with E-state index in [1.165, 1.54) is 10.9 Å². The van der Waals surface area contributed by atoms with E-state index >= 15 is 0 Å². The summed E-state index contributed by atoms with van der Waals surface area (Å²) < 4.78 is 2.93. The van der Waals surface area contributed by atoms with E-state index in [4.69, 9.17) is 5.11 Å². The summed E-state index contributed by atoms with van der Waals surface area (Å²) in [6.07, 6.45) is 3.20. The van der Waals surface area contributed by atoms with Crippen LogP contribution < -0.4 is 5.32 Å². The molecule has 0 bridgehead atoms. The van der Waals surface area contributed by atoms with Gasteiger partial charge in [-0.1, -0.05) is 39.0 Å². The van der Waals surface area contributed by atoms with Gasteiger partial charge in [-0.25, -0.2) is 4.68 Å². The first-order valence-electron chi connectivity index (χ1n) is 8.46. The van der Waals surface area contributed by atoms with Gasteiger partial charge in [0.25, 0.3) is 5.91 Å². The van der Waals surface area contributed by atoms with Crippen LogP contribution in [0, 0.1) is 0 Å². The summed E-state index contributed by atoms with van der Waals surface area (Å²) in [5, 5.41) is 20.2. The van der Waals surface area contributed by atoms with E-state index in [9.17, 15) is 9.59 Å². The summed E-state index contributed by atoms with van der Waals surface area (Å²) >= 11 is 0. The maximum Gasteiger partial charge on any atom is 0.325 e. The van der Waals surface area contributed by atoms with Crippen LogP contribution in [0.4, 0.5) is 5.82 Å². The van der Waals surface area contributed by atoms with Crippen LogP contribution in [-0.4, -0.2) is 36.5 Å². The van der Waals surface area contributed by atoms with Gasteiger partial charge in [0.15, 0.2) is 5.82 Å². The molecule has 0 spiro atoms. The number of hydrogen-bond donors (Lipinski definition) is 2. The van der Waals surface area contributed by atoms with Crippen molar-refractivity contribution in [1.29, 1.82) is 0 Å². The van der Waals surface area contributed by atoms with Crippen molar-refractivity contribution in [2.45, 2.75) is 32.7 Å². The summed E-state index contributed by atoms with van der Waals surface area (Å²) in [6.45, 7) is 5.70. The van der Waals surface area contributed by atoms with E-state index in [0.29, 0.717) is 11.3 Å². The Morgan fingerprint density at radius 1 is 1.11 bits per heavy atom. The van der Waals surface area contributed by atoms with Gasteiger partial charge in [0.05, 0.1) is 16.9 Å². The number of para-hydroxylation sites is 1. The van der Waals surface area contributed by atoms with E-state index in [2.05, 4.69) is 15.5 Å². The molecule has 27 heavy (non-hydrogen) atoms. The monoisotopic (exact) mass is 367 g/mol. The number of anilines is 1. The lowest BCUT2D eigenvalue weighted by molar-refractivity contribution is -0.137. The Kier molecular flexibility index (Phi) is 4.81. The first-order valence-corrected chi connectivity index (χ1v) is 8.46. The lowest BCUT2D eigenvalue weighted by atomic mass is 9.89. The van der Waals surface area contributed by atoms with E-state index in [1.54, 1.807) is 16.9 Å². The van der Waals surface area contributed by atoms with Crippen LogP contribution in [0.15, 0.2) is 48.8 Å². The molecule has 1 aromatic carbocycles. The van der Waals surface area contributed by atoms with Crippen molar-refractivity contribution < 1.29 is 14.7 Å². The highest BCUT2D eigenvalue weighted by Crippen LogP contribution is 2.26. The molecule has 2 heterocycles. The quantitative estimate of drug-likeness (QED) is 0.722. The topological polar surface area (TPSA) is 102 Å². The Hall–Kier alpha value is -3.42. The molecule has 0 aliphatic carbocycles. The largest absolute Gasteiger partial charge is 0.480 e. The van der Waals surface area contributed by atoms with Crippen LogP contribution in [0.25, 0.3) is 5.69 Å². The molecule has 1 amide bonds. The van der Waals surface area contributed by atoms with Crippen LogP contribution in [0.3, 0.4) is 0 Å². The molecule has 3 aromatic rings. The summed E-state index contributed by atoms with van der Waals surface area (Å²) in [7, 11) is 0. The Bertz CT molecular complexity index is 967. The maximum absolute atomic E-state index is 12.8. The van der Waals surface area contributed by atoms with Gasteiger partial charge in [0.1, 0.15) is 6.54 Å². The van der Waals surface area contributed by atoms with Crippen LogP contribution in [-0.2, 0) is 16.8 Å². The van der Waals surface area contributed by atoms with Gasteiger partial charge in [-0.15, -0.1) is 0 Å². The third-order valence-electron chi connectivity index (χ3n) is 3.87. The lowest BCUT2D eigenvalue weighted by Crippen LogP contribution is -2.20. The number of carboxylic acids is 1. The second kappa shape index (κ2) is 7.06. The minimum Gasteiger partial charge on any atom is -0.480 e. The number of nitrogens with zero attached hydrogens (tertiary/aromatic N) is 4. The minimum atomic E-state index is -1.00. The second-order valence-electron chi connectivity index (χ2n) is 7.17. The van der Waals surface area contributed by atoms with E-state index in [1.807, 2.05) is 51.1 Å². The zero-order chi connectivity index (χ0) is 19.6. The maximum atomic E-state index is 12.8. The summed E-state index contributed by atoms with van der Waals surface area (Å²) in [6, 6.07) is 11.1. The average molecular weight is 367 g/mol. The van der Waals surface area contributed by atoms with Crippen molar-refractivity contribution in [3.8, 4) is 5.69 Å². The zero-order valence-electron chi connectivity index (χ0n) is 15.4. The number of carbonyl (C=O) groups is 2. The van der Waals surface area contributed by atoms with Gasteiger partial charge < -0.3 is 10.4 Å². The lowest BCUT2D eigenvalue weighted by Gasteiger charge is -2.17. The molecule has 2 aromatic heterocycles. The third-order valence-corrected chi connectivity index (χ3v) is 3.87. The fourth-order valence-corrected chi connectivity index (χ4v) is 2.65. The van der Waals surface area contributed by atoms with Gasteiger partial charge in [-0.05, 0) is 12.1 Å². The Balaban J connectivity index is 1.90. The molecule has 140 valence electrons. The summed E-state index contributed by atoms with van der Waals surface area (Å²) in [5.41, 5.74) is 1.62. The molecule has 0 unspecified atom stereocenters. The van der Waals surface area contributed by atoms with Crippen molar-refractivity contribution in [3.05, 3.63) is 60.0 Å². The standard InChI is InChI=1S/C19H21N5O3/c1-19(2,3)17-14(11-24(22-17)13-7-5-4-6-8-13)18(27)20-15-9-10-23(21-15)12-16(25)26/h4-11H,12H2,1-3H3,(H,25,26)(H,20,21,27). The molecule has 0 saturated carbocycles. The Labute approximate surface area is 156 Å². The number of aromatic nitrogens is 4. The average Bonchev–Trinajstić information content (AvgIpc) is 3.22. The number of carbonyl (C=O) groups excluding carboxylic acids is 1. The van der Waals surface area contributed by atoms with E-state index in [0.717, 1.165) is 5.69 Å². The Morgan fingerprint density at radius 2 is 1.81 bits per heavy atom. The van der Waals surface area contributed by atoms with Crippen molar-refractivity contribution >= 4 is 17.7 Å². The van der Waals surface area contributed by atoms with Crippen molar-refractivity contribution in [3.63, 3.8) is 0 Å². The first-order chi connectivity index (χ1) is 12.7. The number of nitrogens with one attached hydrogen (secondary N) is 1. The van der Waals surface area contributed by atoms with Crippen LogP contribution >= 0.6 is 0 Å². The molecular formula is C19H21N5O3. The summed E-state index contributed by atoms with van der Waals surface area (Å²) in [4.78, 5) is 23.6. The highest BCUT2D eigenvalue weighted by molar-refractivity contribution is 6.04. The van der Waals surface area contributed by atoms with Gasteiger partial charge in [0.2, 0.25) is 0 Å². The number of rotatable bonds is 5. The molecule has 0 fully saturated rings. The number of hydrogen-bond acceptors (Lipinski definition) is 4. The van der Waals surface area contributed by atoms with E-state index in [-0.39, 0.29) is 23.7 Å². The van der Waals surface area contributed by atoms with Crippen molar-refractivity contribution in [2.24, 2.45) is 0 Å². The molecule has 0 aliphatic heterocycles. The Morgan fingerprint density at radius 3 is 2.44 bits per heavy atom. The number of aliphatic carboxylic acids is 1. The van der Waals surface area contributed by atoms with Gasteiger partial charge in [-0.2, -0.15) is 10.2 Å². The molecule has 3 rings (SSSR count). The van der Waals surface area contributed by atoms with Crippen LogP contribution in [0.5, 0.6) is 0 Å². The fourth-order valence-electron chi connectivity index (χ4n) is 2.65. The normalized spacial score (nSPS) is 11.4. The molecule has 0 atom stereocenters. The molecule has 8 nitrogen and oxygen atoms in total. The SMILES string of the molecule is CC(C)(C)c1nn(-c2ccccc2)cc1C(=O)Nc1ccn(CC(=O)O)n1. The first kappa shape index (κ1) is 18.4. The number of carboxylic acid groups (broad SMARTS) is 1. The molecule has 0 radical (unpaired) electrons. The molecule has 2 N–H and O–H groups in total. The number of benzene rings is 1.